The van der Waals surface area contributed by atoms with Gasteiger partial charge in [-0.2, -0.15) is 0 Å². The highest BCUT2D eigenvalue weighted by molar-refractivity contribution is 5.69. The predicted molar refractivity (Wildman–Crippen MR) is 232 cm³/mol. The maximum Gasteiger partial charge on any atom is 0.305 e. The second kappa shape index (κ2) is 43.7. The summed E-state index contributed by atoms with van der Waals surface area (Å²) in [4.78, 5) is 24.2. The van der Waals surface area contributed by atoms with Crippen molar-refractivity contribution >= 4 is 11.9 Å². The van der Waals surface area contributed by atoms with E-state index in [0.717, 1.165) is 37.5 Å². The van der Waals surface area contributed by atoms with E-state index in [9.17, 15) is 9.59 Å². The molecule has 0 rings (SSSR count). The van der Waals surface area contributed by atoms with Gasteiger partial charge in [0.05, 0.1) is 13.2 Å². The number of unbranched alkanes of at least 4 members (excludes halogenated alkanes) is 31. The smallest absolute Gasteiger partial charge is 0.305 e. The monoisotopic (exact) mass is 749 g/mol. The minimum absolute atomic E-state index is 0.00841. The van der Waals surface area contributed by atoms with Crippen molar-refractivity contribution in [3.63, 3.8) is 0 Å². The molecule has 4 nitrogen and oxygen atoms in total. The Bertz CT molecular complexity index is 734. The summed E-state index contributed by atoms with van der Waals surface area (Å²) in [6, 6.07) is 0. The van der Waals surface area contributed by atoms with Gasteiger partial charge in [0.2, 0.25) is 0 Å². The summed E-state index contributed by atoms with van der Waals surface area (Å²) in [5.41, 5.74) is 0. The van der Waals surface area contributed by atoms with Crippen molar-refractivity contribution in [1.82, 2.24) is 0 Å². The molecule has 0 spiro atoms. The Hall–Kier alpha value is -1.06. The van der Waals surface area contributed by atoms with Crippen molar-refractivity contribution in [3.05, 3.63) is 0 Å². The van der Waals surface area contributed by atoms with Crippen molar-refractivity contribution in [2.45, 2.75) is 278 Å². The third kappa shape index (κ3) is 41.9. The van der Waals surface area contributed by atoms with Crippen molar-refractivity contribution in [1.29, 1.82) is 0 Å². The van der Waals surface area contributed by atoms with Crippen LogP contribution in [0, 0.1) is 11.8 Å². The Balaban J connectivity index is 3.49. The molecule has 0 aromatic rings. The molecule has 0 saturated heterocycles. The lowest BCUT2D eigenvalue weighted by molar-refractivity contribution is -0.144. The van der Waals surface area contributed by atoms with Crippen LogP contribution >= 0.6 is 0 Å². The SMILES string of the molecule is CCCCCCCCCCCCCCCC(=O)OCCCCCCCC(CCCCCCOC(=O)CCCCCCCCCCCCCCC)C(C)C. The fraction of sp³-hybridized carbons (Fsp3) is 0.959. The van der Waals surface area contributed by atoms with Crippen LogP contribution in [-0.2, 0) is 19.1 Å². The molecule has 1 unspecified atom stereocenters. The lowest BCUT2D eigenvalue weighted by Gasteiger charge is -2.20. The maximum absolute atomic E-state index is 12.1. The van der Waals surface area contributed by atoms with E-state index in [0.29, 0.717) is 26.1 Å². The molecule has 0 amide bonds. The number of rotatable bonds is 44. The van der Waals surface area contributed by atoms with Crippen molar-refractivity contribution in [2.24, 2.45) is 11.8 Å². The summed E-state index contributed by atoms with van der Waals surface area (Å²) >= 11 is 0. The molecule has 0 radical (unpaired) electrons. The minimum Gasteiger partial charge on any atom is -0.466 e. The lowest BCUT2D eigenvalue weighted by atomic mass is 9.85. The first-order valence-corrected chi connectivity index (χ1v) is 24.3. The van der Waals surface area contributed by atoms with E-state index >= 15 is 0 Å². The van der Waals surface area contributed by atoms with Crippen LogP contribution in [-0.4, -0.2) is 25.2 Å². The molecule has 0 bridgehead atoms. The fourth-order valence-electron chi connectivity index (χ4n) is 7.80. The third-order valence-electron chi connectivity index (χ3n) is 11.6. The third-order valence-corrected chi connectivity index (χ3v) is 11.6. The van der Waals surface area contributed by atoms with Gasteiger partial charge in [-0.3, -0.25) is 9.59 Å². The van der Waals surface area contributed by atoms with Gasteiger partial charge in [0, 0.05) is 12.8 Å². The number of ether oxygens (including phenoxy) is 2. The highest BCUT2D eigenvalue weighted by Crippen LogP contribution is 2.25. The van der Waals surface area contributed by atoms with Gasteiger partial charge in [0.15, 0.2) is 0 Å². The summed E-state index contributed by atoms with van der Waals surface area (Å²) in [5.74, 6) is 1.58. The second-order valence-electron chi connectivity index (χ2n) is 17.2. The van der Waals surface area contributed by atoms with Crippen molar-refractivity contribution < 1.29 is 19.1 Å². The standard InChI is InChI=1S/C49H96O4/c1-5-7-9-11-13-15-17-19-21-23-25-29-36-42-48(50)52-44-38-32-27-28-34-40-47(46(3)4)41-35-31-33-39-45-53-49(51)43-37-30-26-24-22-20-18-16-14-12-10-8-6-2/h46-47H,5-45H2,1-4H3. The zero-order chi connectivity index (χ0) is 38.7. The zero-order valence-electron chi connectivity index (χ0n) is 36.8. The highest BCUT2D eigenvalue weighted by atomic mass is 16.5. The average Bonchev–Trinajstić information content (AvgIpc) is 3.15. The van der Waals surface area contributed by atoms with Crippen LogP contribution in [0.2, 0.25) is 0 Å². The quantitative estimate of drug-likeness (QED) is 0.0460. The first-order chi connectivity index (χ1) is 26.0. The molecule has 0 aromatic carbocycles. The Morgan fingerprint density at radius 1 is 0.340 bits per heavy atom. The number of carbonyl (C=O) groups excluding carboxylic acids is 2. The topological polar surface area (TPSA) is 52.6 Å². The molecule has 4 heteroatoms. The molecule has 0 fully saturated rings. The Kier molecular flexibility index (Phi) is 42.8. The van der Waals surface area contributed by atoms with Gasteiger partial charge >= 0.3 is 11.9 Å². The molecule has 316 valence electrons. The van der Waals surface area contributed by atoms with Gasteiger partial charge < -0.3 is 9.47 Å². The summed E-state index contributed by atoms with van der Waals surface area (Å²) in [6.07, 6.45) is 49.2. The van der Waals surface area contributed by atoms with Crippen molar-refractivity contribution in [2.75, 3.05) is 13.2 Å². The van der Waals surface area contributed by atoms with Crippen LogP contribution in [0.25, 0.3) is 0 Å². The second-order valence-corrected chi connectivity index (χ2v) is 17.2. The number of esters is 2. The number of hydrogen-bond donors (Lipinski definition) is 0. The molecule has 0 heterocycles. The van der Waals surface area contributed by atoms with Gasteiger partial charge in [0.25, 0.3) is 0 Å². The van der Waals surface area contributed by atoms with Crippen LogP contribution in [0.1, 0.15) is 278 Å². The van der Waals surface area contributed by atoms with Crippen LogP contribution in [0.4, 0.5) is 0 Å². The van der Waals surface area contributed by atoms with Gasteiger partial charge in [-0.25, -0.2) is 0 Å². The summed E-state index contributed by atoms with van der Waals surface area (Å²) in [6.45, 7) is 10.5. The van der Waals surface area contributed by atoms with Crippen molar-refractivity contribution in [3.8, 4) is 0 Å². The van der Waals surface area contributed by atoms with Crippen LogP contribution in [0.5, 0.6) is 0 Å². The predicted octanol–water partition coefficient (Wildman–Crippen LogP) is 16.6. The summed E-state index contributed by atoms with van der Waals surface area (Å²) < 4.78 is 11.0. The first-order valence-electron chi connectivity index (χ1n) is 24.3. The molecule has 0 aromatic heterocycles. The molecule has 0 saturated carbocycles. The van der Waals surface area contributed by atoms with E-state index in [2.05, 4.69) is 27.7 Å². The molecule has 0 aliphatic carbocycles. The Morgan fingerprint density at radius 2 is 0.585 bits per heavy atom. The van der Waals surface area contributed by atoms with Crippen LogP contribution < -0.4 is 0 Å². The normalized spacial score (nSPS) is 12.1. The number of carbonyl (C=O) groups is 2. The largest absolute Gasteiger partial charge is 0.466 e. The molecule has 0 aliphatic rings. The van der Waals surface area contributed by atoms with Crippen LogP contribution in [0.3, 0.4) is 0 Å². The van der Waals surface area contributed by atoms with E-state index in [-0.39, 0.29) is 11.9 Å². The number of hydrogen-bond acceptors (Lipinski definition) is 4. The van der Waals surface area contributed by atoms with E-state index in [1.54, 1.807) is 0 Å². The average molecular weight is 749 g/mol. The minimum atomic E-state index is 0.00841. The van der Waals surface area contributed by atoms with Gasteiger partial charge in [-0.05, 0) is 37.5 Å². The maximum atomic E-state index is 12.1. The summed E-state index contributed by atoms with van der Waals surface area (Å²) in [5, 5.41) is 0. The van der Waals surface area contributed by atoms with Gasteiger partial charge in [0.1, 0.15) is 0 Å². The van der Waals surface area contributed by atoms with E-state index < -0.39 is 0 Å². The molecular weight excluding hydrogens is 653 g/mol. The van der Waals surface area contributed by atoms with Gasteiger partial charge in [-0.1, -0.05) is 240 Å². The molecule has 1 atom stereocenters. The summed E-state index contributed by atoms with van der Waals surface area (Å²) in [7, 11) is 0. The lowest BCUT2D eigenvalue weighted by Crippen LogP contribution is -2.09. The fourth-order valence-corrected chi connectivity index (χ4v) is 7.80. The van der Waals surface area contributed by atoms with Crippen LogP contribution in [0.15, 0.2) is 0 Å². The molecular formula is C49H96O4. The highest BCUT2D eigenvalue weighted by Gasteiger charge is 2.13. The van der Waals surface area contributed by atoms with E-state index in [4.69, 9.17) is 9.47 Å². The Morgan fingerprint density at radius 3 is 0.868 bits per heavy atom. The molecule has 0 N–H and O–H groups in total. The molecule has 0 aliphatic heterocycles. The van der Waals surface area contributed by atoms with E-state index in [1.165, 1.54) is 212 Å². The van der Waals surface area contributed by atoms with Gasteiger partial charge in [-0.15, -0.1) is 0 Å². The zero-order valence-corrected chi connectivity index (χ0v) is 36.8. The molecule has 53 heavy (non-hydrogen) atoms. The first kappa shape index (κ1) is 51.9. The Labute approximate surface area is 333 Å². The van der Waals surface area contributed by atoms with E-state index in [1.807, 2.05) is 0 Å².